The van der Waals surface area contributed by atoms with Crippen molar-refractivity contribution >= 4 is 17.5 Å². The summed E-state index contributed by atoms with van der Waals surface area (Å²) in [6.45, 7) is 8.66. The average Bonchev–Trinajstić information content (AvgIpc) is 2.85. The molecule has 2 heterocycles. The summed E-state index contributed by atoms with van der Waals surface area (Å²) in [6, 6.07) is 9.40. The van der Waals surface area contributed by atoms with Gasteiger partial charge < -0.3 is 19.7 Å². The number of likely N-dealkylation sites (N-methyl/N-ethyl adjacent to an activating group) is 1. The van der Waals surface area contributed by atoms with Crippen LogP contribution in [-0.2, 0) is 16.1 Å². The van der Waals surface area contributed by atoms with Gasteiger partial charge >= 0.3 is 0 Å². The lowest BCUT2D eigenvalue weighted by Crippen LogP contribution is -2.46. The minimum absolute atomic E-state index is 0.0732. The smallest absolute Gasteiger partial charge is 0.257 e. The van der Waals surface area contributed by atoms with Crippen LogP contribution in [0.2, 0.25) is 0 Å². The molecule has 0 saturated carbocycles. The number of carbonyl (C=O) groups is 2. The van der Waals surface area contributed by atoms with E-state index in [2.05, 4.69) is 29.0 Å². The molecule has 0 bridgehead atoms. The molecule has 1 aliphatic rings. The van der Waals surface area contributed by atoms with Crippen LogP contribution in [0.4, 0.5) is 5.69 Å². The SMILES string of the molecule is CCCC(=O)Nc1ccc2c(c1)C(=O)N(C)C[C@H](OC)[C@@H](C)CN(Cc1ccncc1)[C@@H](C)CO2. The van der Waals surface area contributed by atoms with Crippen molar-refractivity contribution in [1.82, 2.24) is 14.8 Å². The van der Waals surface area contributed by atoms with Crippen LogP contribution in [-0.4, -0.2) is 72.6 Å². The summed E-state index contributed by atoms with van der Waals surface area (Å²) in [5.41, 5.74) is 2.20. The number of benzene rings is 1. The Kier molecular flexibility index (Phi) is 9.63. The van der Waals surface area contributed by atoms with Crippen LogP contribution in [0.5, 0.6) is 5.75 Å². The molecule has 0 saturated heterocycles. The molecule has 8 nitrogen and oxygen atoms in total. The molecule has 8 heteroatoms. The third-order valence-electron chi connectivity index (χ3n) is 6.47. The van der Waals surface area contributed by atoms with Gasteiger partial charge in [0.15, 0.2) is 0 Å². The molecule has 1 aromatic heterocycles. The lowest BCUT2D eigenvalue weighted by molar-refractivity contribution is -0.116. The van der Waals surface area contributed by atoms with E-state index in [4.69, 9.17) is 9.47 Å². The number of carbonyl (C=O) groups excluding carboxylic acids is 2. The second-order valence-electron chi connectivity index (χ2n) is 9.39. The highest BCUT2D eigenvalue weighted by Crippen LogP contribution is 2.27. The molecule has 1 N–H and O–H groups in total. The number of pyridine rings is 1. The van der Waals surface area contributed by atoms with E-state index in [9.17, 15) is 9.59 Å². The largest absolute Gasteiger partial charge is 0.491 e. The molecule has 0 unspecified atom stereocenters. The highest BCUT2D eigenvalue weighted by atomic mass is 16.5. The number of ether oxygens (including phenoxy) is 2. The van der Waals surface area contributed by atoms with Crippen molar-refractivity contribution in [2.75, 3.05) is 39.2 Å². The molecule has 3 atom stereocenters. The molecular weight excluding hydrogens is 444 g/mol. The van der Waals surface area contributed by atoms with Crippen LogP contribution in [0.3, 0.4) is 0 Å². The van der Waals surface area contributed by atoms with Crippen LogP contribution in [0.1, 0.15) is 49.5 Å². The van der Waals surface area contributed by atoms with E-state index in [1.165, 1.54) is 5.56 Å². The third-order valence-corrected chi connectivity index (χ3v) is 6.47. The Morgan fingerprint density at radius 2 is 1.94 bits per heavy atom. The van der Waals surface area contributed by atoms with E-state index in [1.807, 2.05) is 31.5 Å². The molecule has 0 fully saturated rings. The molecule has 1 aliphatic heterocycles. The number of aromatic nitrogens is 1. The standard InChI is InChI=1S/C27H38N4O4/c1-6-7-26(32)29-22-8-9-24-23(14-22)27(33)30(4)17-25(34-5)19(2)15-31(20(3)18-35-24)16-21-10-12-28-13-11-21/h8-14,19-20,25H,6-7,15-18H2,1-5H3,(H,29,32)/t19-,20-,25-/m0/s1. The Bertz CT molecular complexity index is 984. The Balaban J connectivity index is 1.92. The molecule has 1 aromatic carbocycles. The van der Waals surface area contributed by atoms with Crippen molar-refractivity contribution in [3.63, 3.8) is 0 Å². The Morgan fingerprint density at radius 3 is 2.63 bits per heavy atom. The first-order valence-corrected chi connectivity index (χ1v) is 12.3. The van der Waals surface area contributed by atoms with E-state index in [1.54, 1.807) is 37.3 Å². The van der Waals surface area contributed by atoms with Gasteiger partial charge in [-0.05, 0) is 55.2 Å². The topological polar surface area (TPSA) is 84.0 Å². The summed E-state index contributed by atoms with van der Waals surface area (Å²) >= 11 is 0. The zero-order valence-corrected chi connectivity index (χ0v) is 21.5. The van der Waals surface area contributed by atoms with Gasteiger partial charge in [-0.25, -0.2) is 0 Å². The predicted octanol–water partition coefficient (Wildman–Crippen LogP) is 3.83. The Hall–Kier alpha value is -2.97. The molecule has 0 spiro atoms. The zero-order chi connectivity index (χ0) is 25.4. The summed E-state index contributed by atoms with van der Waals surface area (Å²) in [7, 11) is 3.47. The molecule has 190 valence electrons. The van der Waals surface area contributed by atoms with E-state index in [0.717, 1.165) is 19.5 Å². The van der Waals surface area contributed by atoms with Crippen molar-refractivity contribution < 1.29 is 19.1 Å². The van der Waals surface area contributed by atoms with Gasteiger partial charge in [-0.1, -0.05) is 13.8 Å². The maximum Gasteiger partial charge on any atom is 0.257 e. The number of amides is 2. The lowest BCUT2D eigenvalue weighted by Gasteiger charge is -2.36. The van der Waals surface area contributed by atoms with Crippen LogP contribution < -0.4 is 10.1 Å². The normalized spacial score (nSPS) is 21.9. The minimum Gasteiger partial charge on any atom is -0.491 e. The van der Waals surface area contributed by atoms with Crippen molar-refractivity contribution in [2.24, 2.45) is 5.92 Å². The van der Waals surface area contributed by atoms with Gasteiger partial charge in [0, 0.05) is 64.3 Å². The number of anilines is 1. The summed E-state index contributed by atoms with van der Waals surface area (Å²) < 4.78 is 12.0. The van der Waals surface area contributed by atoms with Gasteiger partial charge in [-0.3, -0.25) is 19.5 Å². The molecule has 2 aromatic rings. The number of hydrogen-bond donors (Lipinski definition) is 1. The first-order valence-electron chi connectivity index (χ1n) is 12.3. The second kappa shape index (κ2) is 12.7. The van der Waals surface area contributed by atoms with E-state index in [-0.39, 0.29) is 29.9 Å². The fourth-order valence-corrected chi connectivity index (χ4v) is 4.32. The molecular formula is C27H38N4O4. The first-order chi connectivity index (χ1) is 16.8. The minimum atomic E-state index is -0.164. The fourth-order valence-electron chi connectivity index (χ4n) is 4.32. The highest BCUT2D eigenvalue weighted by Gasteiger charge is 2.28. The fraction of sp³-hybridized carbons (Fsp3) is 0.519. The number of nitrogens with one attached hydrogen (secondary N) is 1. The van der Waals surface area contributed by atoms with Crippen molar-refractivity contribution in [3.8, 4) is 5.75 Å². The van der Waals surface area contributed by atoms with Crippen LogP contribution in [0, 0.1) is 5.92 Å². The number of methoxy groups -OCH3 is 1. The van der Waals surface area contributed by atoms with Gasteiger partial charge in [-0.2, -0.15) is 0 Å². The first kappa shape index (κ1) is 26.6. The van der Waals surface area contributed by atoms with Crippen molar-refractivity contribution in [3.05, 3.63) is 53.9 Å². The van der Waals surface area contributed by atoms with E-state index >= 15 is 0 Å². The number of fused-ring (bicyclic) bond motifs is 1. The van der Waals surface area contributed by atoms with Gasteiger partial charge in [0.25, 0.3) is 5.91 Å². The molecule has 3 rings (SSSR count). The summed E-state index contributed by atoms with van der Waals surface area (Å²) in [4.78, 5) is 33.7. The molecule has 0 aliphatic carbocycles. The van der Waals surface area contributed by atoms with Crippen LogP contribution in [0.15, 0.2) is 42.7 Å². The molecule has 2 amide bonds. The Labute approximate surface area is 208 Å². The van der Waals surface area contributed by atoms with E-state index in [0.29, 0.717) is 36.6 Å². The predicted molar refractivity (Wildman–Crippen MR) is 137 cm³/mol. The molecule has 0 radical (unpaired) electrons. The van der Waals surface area contributed by atoms with Crippen LogP contribution in [0.25, 0.3) is 0 Å². The lowest BCUT2D eigenvalue weighted by atomic mass is 10.0. The monoisotopic (exact) mass is 482 g/mol. The summed E-state index contributed by atoms with van der Waals surface area (Å²) in [5, 5.41) is 2.88. The maximum atomic E-state index is 13.4. The average molecular weight is 483 g/mol. The second-order valence-corrected chi connectivity index (χ2v) is 9.39. The quantitative estimate of drug-likeness (QED) is 0.674. The highest BCUT2D eigenvalue weighted by molar-refractivity contribution is 5.99. The van der Waals surface area contributed by atoms with Gasteiger partial charge in [0.05, 0.1) is 11.7 Å². The van der Waals surface area contributed by atoms with Gasteiger partial charge in [0.1, 0.15) is 12.4 Å². The van der Waals surface area contributed by atoms with Crippen molar-refractivity contribution in [1.29, 1.82) is 0 Å². The number of hydrogen-bond acceptors (Lipinski definition) is 6. The third kappa shape index (κ3) is 7.26. The number of rotatable bonds is 6. The summed E-state index contributed by atoms with van der Waals surface area (Å²) in [6.07, 6.45) is 4.67. The maximum absolute atomic E-state index is 13.4. The van der Waals surface area contributed by atoms with Gasteiger partial charge in [-0.15, -0.1) is 0 Å². The van der Waals surface area contributed by atoms with E-state index < -0.39 is 0 Å². The van der Waals surface area contributed by atoms with Crippen molar-refractivity contribution in [2.45, 2.75) is 52.3 Å². The molecule has 35 heavy (non-hydrogen) atoms. The zero-order valence-electron chi connectivity index (χ0n) is 21.5. The number of nitrogens with zero attached hydrogens (tertiary/aromatic N) is 3. The van der Waals surface area contributed by atoms with Crippen LogP contribution >= 0.6 is 0 Å². The Morgan fingerprint density at radius 1 is 1.20 bits per heavy atom. The van der Waals surface area contributed by atoms with Gasteiger partial charge in [0.2, 0.25) is 5.91 Å². The summed E-state index contributed by atoms with van der Waals surface area (Å²) in [5.74, 6) is 0.449.